The summed E-state index contributed by atoms with van der Waals surface area (Å²) in [5, 5.41) is 12.9. The van der Waals surface area contributed by atoms with Crippen LogP contribution in [0.2, 0.25) is 5.02 Å². The van der Waals surface area contributed by atoms with E-state index in [1.54, 1.807) is 0 Å². The number of nitrogens with one attached hydrogen (secondary N) is 2. The van der Waals surface area contributed by atoms with Crippen LogP contribution in [0.15, 0.2) is 12.1 Å². The fourth-order valence-corrected chi connectivity index (χ4v) is 1.97. The van der Waals surface area contributed by atoms with Crippen LogP contribution in [0.5, 0.6) is 0 Å². The van der Waals surface area contributed by atoms with Gasteiger partial charge in [-0.1, -0.05) is 24.9 Å². The van der Waals surface area contributed by atoms with Crippen molar-refractivity contribution < 1.29 is 23.5 Å². The number of halogens is 3. The summed E-state index contributed by atoms with van der Waals surface area (Å²) in [6.07, 6.45) is 1.20. The molecule has 1 aromatic carbocycles. The zero-order valence-corrected chi connectivity index (χ0v) is 12.7. The standard InChI is InChI=1S/C14H17ClF2N2O3/c1-2-8(3-4-20)7-18-13(21)14(22)19-12-10(16)5-9(15)6-11(12)17/h5-6,8,20H,2-4,7H2,1H3,(H,18,21)(H,19,22). The minimum Gasteiger partial charge on any atom is -0.396 e. The van der Waals surface area contributed by atoms with E-state index in [-0.39, 0.29) is 24.1 Å². The van der Waals surface area contributed by atoms with Gasteiger partial charge in [0.05, 0.1) is 0 Å². The lowest BCUT2D eigenvalue weighted by atomic mass is 10.0. The molecule has 0 spiro atoms. The Bertz CT molecular complexity index is 532. The van der Waals surface area contributed by atoms with E-state index < -0.39 is 29.1 Å². The molecule has 0 saturated carbocycles. The van der Waals surface area contributed by atoms with Crippen molar-refractivity contribution in [2.24, 2.45) is 5.92 Å². The number of hydrogen-bond donors (Lipinski definition) is 3. The van der Waals surface area contributed by atoms with Crippen LogP contribution >= 0.6 is 11.6 Å². The van der Waals surface area contributed by atoms with Crippen molar-refractivity contribution >= 4 is 29.1 Å². The molecule has 5 nitrogen and oxygen atoms in total. The lowest BCUT2D eigenvalue weighted by molar-refractivity contribution is -0.136. The van der Waals surface area contributed by atoms with Gasteiger partial charge in [-0.3, -0.25) is 9.59 Å². The predicted molar refractivity (Wildman–Crippen MR) is 78.5 cm³/mol. The summed E-state index contributed by atoms with van der Waals surface area (Å²) >= 11 is 5.46. The van der Waals surface area contributed by atoms with E-state index in [0.29, 0.717) is 12.8 Å². The van der Waals surface area contributed by atoms with E-state index in [4.69, 9.17) is 16.7 Å². The van der Waals surface area contributed by atoms with E-state index in [1.807, 2.05) is 12.2 Å². The van der Waals surface area contributed by atoms with Gasteiger partial charge in [-0.15, -0.1) is 0 Å². The van der Waals surface area contributed by atoms with Crippen molar-refractivity contribution in [3.05, 3.63) is 28.8 Å². The average molecular weight is 335 g/mol. The van der Waals surface area contributed by atoms with Crippen LogP contribution in [0.4, 0.5) is 14.5 Å². The largest absolute Gasteiger partial charge is 0.396 e. The van der Waals surface area contributed by atoms with E-state index in [0.717, 1.165) is 12.1 Å². The molecule has 0 aliphatic heterocycles. The summed E-state index contributed by atoms with van der Waals surface area (Å²) in [6.45, 7) is 2.04. The predicted octanol–water partition coefficient (Wildman–Crippen LogP) is 2.08. The Morgan fingerprint density at radius 2 is 1.86 bits per heavy atom. The Morgan fingerprint density at radius 3 is 2.36 bits per heavy atom. The molecule has 0 fully saturated rings. The van der Waals surface area contributed by atoms with Crippen LogP contribution in [-0.2, 0) is 9.59 Å². The zero-order valence-electron chi connectivity index (χ0n) is 12.0. The SMILES string of the molecule is CCC(CCO)CNC(=O)C(=O)Nc1c(F)cc(Cl)cc1F. The fourth-order valence-electron chi connectivity index (χ4n) is 1.78. The molecule has 1 atom stereocenters. The van der Waals surface area contributed by atoms with Gasteiger partial charge in [0.2, 0.25) is 0 Å². The fraction of sp³-hybridized carbons (Fsp3) is 0.429. The number of carbonyl (C=O) groups excluding carboxylic acids is 2. The number of aliphatic hydroxyl groups is 1. The molecule has 0 saturated heterocycles. The molecule has 1 unspecified atom stereocenters. The molecule has 0 heterocycles. The molecule has 1 rings (SSSR count). The second-order valence-electron chi connectivity index (χ2n) is 4.70. The Labute approximate surface area is 131 Å². The van der Waals surface area contributed by atoms with Crippen molar-refractivity contribution in [2.45, 2.75) is 19.8 Å². The first-order chi connectivity index (χ1) is 10.4. The molecule has 0 aromatic heterocycles. The molecule has 0 radical (unpaired) electrons. The summed E-state index contributed by atoms with van der Waals surface area (Å²) < 4.78 is 27.0. The number of rotatable bonds is 6. The second-order valence-corrected chi connectivity index (χ2v) is 5.13. The molecule has 1 aromatic rings. The first-order valence-electron chi connectivity index (χ1n) is 6.73. The summed E-state index contributed by atoms with van der Waals surface area (Å²) in [5.74, 6) is -4.31. The molecule has 3 N–H and O–H groups in total. The van der Waals surface area contributed by atoms with Gasteiger partial charge in [0.15, 0.2) is 11.6 Å². The summed E-state index contributed by atoms with van der Waals surface area (Å²) in [6, 6.07) is 1.65. The Morgan fingerprint density at radius 1 is 1.27 bits per heavy atom. The van der Waals surface area contributed by atoms with Crippen LogP contribution < -0.4 is 10.6 Å². The summed E-state index contributed by atoms with van der Waals surface area (Å²) in [4.78, 5) is 23.2. The number of carbonyl (C=O) groups is 2. The number of anilines is 1. The number of benzene rings is 1. The van der Waals surface area contributed by atoms with Crippen molar-refractivity contribution in [1.29, 1.82) is 0 Å². The van der Waals surface area contributed by atoms with Crippen LogP contribution in [0.1, 0.15) is 19.8 Å². The topological polar surface area (TPSA) is 78.4 Å². The molecule has 0 aliphatic carbocycles. The third kappa shape index (κ3) is 5.23. The first kappa shape index (κ1) is 18.3. The monoisotopic (exact) mass is 334 g/mol. The van der Waals surface area contributed by atoms with Crippen LogP contribution in [-0.4, -0.2) is 30.1 Å². The van der Waals surface area contributed by atoms with Crippen molar-refractivity contribution in [3.63, 3.8) is 0 Å². The van der Waals surface area contributed by atoms with Crippen LogP contribution in [0.25, 0.3) is 0 Å². The molecule has 22 heavy (non-hydrogen) atoms. The lowest BCUT2D eigenvalue weighted by Crippen LogP contribution is -2.38. The van der Waals surface area contributed by atoms with Crippen molar-refractivity contribution in [1.82, 2.24) is 5.32 Å². The normalized spacial score (nSPS) is 11.9. The average Bonchev–Trinajstić information content (AvgIpc) is 2.46. The minimum atomic E-state index is -1.18. The Hall–Kier alpha value is -1.73. The minimum absolute atomic E-state index is 0.0192. The number of amides is 2. The van der Waals surface area contributed by atoms with E-state index in [1.165, 1.54) is 0 Å². The number of hydrogen-bond acceptors (Lipinski definition) is 3. The smallest absolute Gasteiger partial charge is 0.313 e. The van der Waals surface area contributed by atoms with Gasteiger partial charge >= 0.3 is 11.8 Å². The molecular weight excluding hydrogens is 318 g/mol. The first-order valence-corrected chi connectivity index (χ1v) is 7.11. The summed E-state index contributed by atoms with van der Waals surface area (Å²) in [7, 11) is 0. The van der Waals surface area contributed by atoms with Gasteiger partial charge in [0.1, 0.15) is 5.69 Å². The molecular formula is C14H17ClF2N2O3. The lowest BCUT2D eigenvalue weighted by Gasteiger charge is -2.14. The van der Waals surface area contributed by atoms with Crippen molar-refractivity contribution in [3.8, 4) is 0 Å². The van der Waals surface area contributed by atoms with Gasteiger partial charge in [-0.25, -0.2) is 8.78 Å². The highest BCUT2D eigenvalue weighted by Gasteiger charge is 2.19. The number of aliphatic hydroxyl groups excluding tert-OH is 1. The van der Waals surface area contributed by atoms with Gasteiger partial charge < -0.3 is 15.7 Å². The quantitative estimate of drug-likeness (QED) is 0.697. The molecule has 8 heteroatoms. The molecule has 0 bridgehead atoms. The third-order valence-electron chi connectivity index (χ3n) is 3.12. The van der Waals surface area contributed by atoms with E-state index >= 15 is 0 Å². The van der Waals surface area contributed by atoms with Gasteiger partial charge in [0.25, 0.3) is 0 Å². The van der Waals surface area contributed by atoms with E-state index in [9.17, 15) is 18.4 Å². The molecule has 2 amide bonds. The van der Waals surface area contributed by atoms with Crippen LogP contribution in [0.3, 0.4) is 0 Å². The van der Waals surface area contributed by atoms with Gasteiger partial charge in [-0.2, -0.15) is 0 Å². The second kappa shape index (κ2) is 8.65. The van der Waals surface area contributed by atoms with Crippen LogP contribution in [0, 0.1) is 17.6 Å². The Balaban J connectivity index is 2.63. The maximum Gasteiger partial charge on any atom is 0.313 e. The highest BCUT2D eigenvalue weighted by atomic mass is 35.5. The maximum absolute atomic E-state index is 13.5. The highest BCUT2D eigenvalue weighted by molar-refractivity contribution is 6.39. The molecule has 0 aliphatic rings. The molecule has 122 valence electrons. The third-order valence-corrected chi connectivity index (χ3v) is 3.34. The highest BCUT2D eigenvalue weighted by Crippen LogP contribution is 2.23. The Kier molecular flexibility index (Phi) is 7.20. The van der Waals surface area contributed by atoms with E-state index in [2.05, 4.69) is 5.32 Å². The van der Waals surface area contributed by atoms with Gasteiger partial charge in [0, 0.05) is 18.2 Å². The van der Waals surface area contributed by atoms with Gasteiger partial charge in [-0.05, 0) is 24.5 Å². The maximum atomic E-state index is 13.5. The van der Waals surface area contributed by atoms with Crippen molar-refractivity contribution in [2.75, 3.05) is 18.5 Å². The zero-order chi connectivity index (χ0) is 16.7. The summed E-state index contributed by atoms with van der Waals surface area (Å²) in [5.41, 5.74) is -0.730.